The van der Waals surface area contributed by atoms with Gasteiger partial charge in [0, 0.05) is 30.6 Å². The first-order chi connectivity index (χ1) is 18.0. The van der Waals surface area contributed by atoms with Crippen molar-refractivity contribution in [3.8, 4) is 0 Å². The molecule has 4 aromatic rings. The topological polar surface area (TPSA) is 153 Å². The Morgan fingerprint density at radius 2 is 1.79 bits per heavy atom. The molecule has 3 aromatic heterocycles. The van der Waals surface area contributed by atoms with E-state index in [0.29, 0.717) is 17.3 Å². The minimum absolute atomic E-state index is 0.0495. The zero-order valence-electron chi connectivity index (χ0n) is 20.0. The highest BCUT2D eigenvalue weighted by Crippen LogP contribution is 2.44. The van der Waals surface area contributed by atoms with Crippen LogP contribution in [0.5, 0.6) is 0 Å². The van der Waals surface area contributed by atoms with Crippen molar-refractivity contribution >= 4 is 33.3 Å². The van der Waals surface area contributed by atoms with Gasteiger partial charge in [-0.3, -0.25) is 14.7 Å². The van der Waals surface area contributed by atoms with Crippen molar-refractivity contribution in [2.75, 3.05) is 10.6 Å². The van der Waals surface area contributed by atoms with Crippen LogP contribution in [-0.4, -0.2) is 44.7 Å². The second-order valence-corrected chi connectivity index (χ2v) is 10.9. The highest BCUT2D eigenvalue weighted by Gasteiger charge is 2.48. The van der Waals surface area contributed by atoms with Gasteiger partial charge in [-0.2, -0.15) is 9.40 Å². The van der Waals surface area contributed by atoms with Crippen LogP contribution >= 0.6 is 0 Å². The lowest BCUT2D eigenvalue weighted by Gasteiger charge is -2.30. The molecule has 1 aliphatic heterocycles. The summed E-state index contributed by atoms with van der Waals surface area (Å²) in [7, 11) is -4.34. The molecule has 2 amide bonds. The van der Waals surface area contributed by atoms with Gasteiger partial charge in [-0.05, 0) is 50.2 Å². The van der Waals surface area contributed by atoms with E-state index in [2.05, 4.69) is 30.8 Å². The summed E-state index contributed by atoms with van der Waals surface area (Å²) in [6.07, 6.45) is 2.96. The van der Waals surface area contributed by atoms with Gasteiger partial charge in [0.1, 0.15) is 17.3 Å². The summed E-state index contributed by atoms with van der Waals surface area (Å²) < 4.78 is 55.3. The average Bonchev–Trinajstić information content (AvgIpc) is 3.58. The zero-order valence-corrected chi connectivity index (χ0v) is 20.9. The molecule has 1 aromatic carbocycles. The Labute approximate surface area is 215 Å². The molecule has 14 heteroatoms. The summed E-state index contributed by atoms with van der Waals surface area (Å²) >= 11 is 0. The molecule has 0 atom stereocenters. The molecular formula is C24H21F2N7O4S. The SMILES string of the molecule is CC1(C)c2[nH]nc(NC(=O)c3ncccc3NC(=O)c3ccc[nH]3)c2CN1S(=O)(=O)c1cc(F)cc(F)c1. The number of carbonyl (C=O) groups excluding carboxylic acids is 2. The van der Waals surface area contributed by atoms with Crippen LogP contribution in [0.3, 0.4) is 0 Å². The predicted octanol–water partition coefficient (Wildman–Crippen LogP) is 3.36. The lowest BCUT2D eigenvalue weighted by Crippen LogP contribution is -2.40. The number of amides is 2. The third-order valence-electron chi connectivity index (χ3n) is 6.17. The van der Waals surface area contributed by atoms with Crippen molar-refractivity contribution in [2.45, 2.75) is 30.8 Å². The monoisotopic (exact) mass is 541 g/mol. The number of sulfonamides is 1. The number of anilines is 2. The molecular weight excluding hydrogens is 520 g/mol. The fourth-order valence-electron chi connectivity index (χ4n) is 4.30. The van der Waals surface area contributed by atoms with Gasteiger partial charge in [-0.1, -0.05) is 0 Å². The summed E-state index contributed by atoms with van der Waals surface area (Å²) in [5.74, 6) is -3.18. The van der Waals surface area contributed by atoms with Gasteiger partial charge in [0.2, 0.25) is 10.0 Å². The third kappa shape index (κ3) is 4.33. The van der Waals surface area contributed by atoms with E-state index in [1.165, 1.54) is 12.3 Å². The van der Waals surface area contributed by atoms with Crippen LogP contribution in [0.1, 0.15) is 46.1 Å². The number of benzene rings is 1. The number of pyridine rings is 1. The van der Waals surface area contributed by atoms with Crippen molar-refractivity contribution in [3.63, 3.8) is 0 Å². The van der Waals surface area contributed by atoms with E-state index in [1.54, 1.807) is 38.2 Å². The molecule has 0 saturated carbocycles. The van der Waals surface area contributed by atoms with Crippen molar-refractivity contribution in [1.29, 1.82) is 0 Å². The van der Waals surface area contributed by atoms with Gasteiger partial charge in [-0.25, -0.2) is 22.2 Å². The maximum Gasteiger partial charge on any atom is 0.277 e. The van der Waals surface area contributed by atoms with Gasteiger partial charge in [0.05, 0.1) is 21.8 Å². The summed E-state index contributed by atoms with van der Waals surface area (Å²) in [6.45, 7) is 2.97. The number of rotatable bonds is 6. The summed E-state index contributed by atoms with van der Waals surface area (Å²) in [5.41, 5.74) is -0.0820. The molecule has 0 bridgehead atoms. The molecule has 1 aliphatic rings. The first-order valence-corrected chi connectivity index (χ1v) is 12.7. The molecule has 38 heavy (non-hydrogen) atoms. The van der Waals surface area contributed by atoms with E-state index >= 15 is 0 Å². The Bertz CT molecular complexity index is 1650. The second kappa shape index (κ2) is 9.15. The predicted molar refractivity (Wildman–Crippen MR) is 132 cm³/mol. The fourth-order valence-corrected chi connectivity index (χ4v) is 6.07. The number of aromatic amines is 2. The first kappa shape index (κ1) is 25.2. The molecule has 4 N–H and O–H groups in total. The quantitative estimate of drug-likeness (QED) is 0.294. The number of nitrogens with zero attached hydrogens (tertiary/aromatic N) is 3. The number of H-pyrrole nitrogens is 2. The molecule has 0 aliphatic carbocycles. The van der Waals surface area contributed by atoms with E-state index in [4.69, 9.17) is 0 Å². The minimum Gasteiger partial charge on any atom is -0.357 e. The van der Waals surface area contributed by atoms with Gasteiger partial charge in [0.15, 0.2) is 11.5 Å². The molecule has 0 radical (unpaired) electrons. The maximum atomic E-state index is 13.8. The summed E-state index contributed by atoms with van der Waals surface area (Å²) in [6, 6.07) is 8.35. The highest BCUT2D eigenvalue weighted by atomic mass is 32.2. The number of hydrogen-bond acceptors (Lipinski definition) is 6. The molecule has 0 unspecified atom stereocenters. The number of fused-ring (bicyclic) bond motifs is 1. The standard InChI is InChI=1S/C24H21F2N7O4S/c1-24(2)20-16(12-33(24)38(36,37)15-10-13(25)9-14(26)11-15)21(32-31-20)30-23(35)19-17(5-3-8-28-19)29-22(34)18-6-4-7-27-18/h3-11,27H,12H2,1-2H3,(H,29,34)(H2,30,31,32,35). The van der Waals surface area contributed by atoms with E-state index in [1.807, 2.05) is 0 Å². The van der Waals surface area contributed by atoms with E-state index in [0.717, 1.165) is 16.4 Å². The number of carbonyl (C=O) groups is 2. The van der Waals surface area contributed by atoms with Gasteiger partial charge >= 0.3 is 0 Å². The van der Waals surface area contributed by atoms with E-state index in [9.17, 15) is 26.8 Å². The van der Waals surface area contributed by atoms with Crippen LogP contribution in [0, 0.1) is 11.6 Å². The molecule has 0 fully saturated rings. The largest absolute Gasteiger partial charge is 0.357 e. The maximum absolute atomic E-state index is 13.8. The van der Waals surface area contributed by atoms with Crippen LogP contribution in [-0.2, 0) is 22.1 Å². The first-order valence-electron chi connectivity index (χ1n) is 11.3. The molecule has 11 nitrogen and oxygen atoms in total. The Morgan fingerprint density at radius 1 is 1.05 bits per heavy atom. The Kier molecular flexibility index (Phi) is 6.07. The molecule has 0 saturated heterocycles. The van der Waals surface area contributed by atoms with Crippen LogP contribution in [0.15, 0.2) is 59.8 Å². The van der Waals surface area contributed by atoms with Crippen LogP contribution in [0.2, 0.25) is 0 Å². The molecule has 196 valence electrons. The zero-order chi connectivity index (χ0) is 27.2. The van der Waals surface area contributed by atoms with Gasteiger partial charge in [-0.15, -0.1) is 0 Å². The fraction of sp³-hybridized carbons (Fsp3) is 0.167. The Morgan fingerprint density at radius 3 is 2.47 bits per heavy atom. The molecule has 0 spiro atoms. The normalized spacial score (nSPS) is 14.7. The minimum atomic E-state index is -4.34. The summed E-state index contributed by atoms with van der Waals surface area (Å²) in [4.78, 5) is 31.9. The lowest BCUT2D eigenvalue weighted by molar-refractivity contribution is 0.102. The van der Waals surface area contributed by atoms with Gasteiger partial charge < -0.3 is 15.6 Å². The van der Waals surface area contributed by atoms with Crippen molar-refractivity contribution in [2.24, 2.45) is 0 Å². The van der Waals surface area contributed by atoms with Gasteiger partial charge in [0.25, 0.3) is 11.8 Å². The molecule has 4 heterocycles. The van der Waals surface area contributed by atoms with Crippen LogP contribution in [0.4, 0.5) is 20.3 Å². The van der Waals surface area contributed by atoms with Crippen molar-refractivity contribution < 1.29 is 26.8 Å². The number of aromatic nitrogens is 4. The number of nitrogens with one attached hydrogen (secondary N) is 4. The van der Waals surface area contributed by atoms with Crippen LogP contribution in [0.25, 0.3) is 0 Å². The van der Waals surface area contributed by atoms with Crippen molar-refractivity contribution in [1.82, 2.24) is 24.5 Å². The Hall–Kier alpha value is -4.43. The third-order valence-corrected chi connectivity index (χ3v) is 8.17. The van der Waals surface area contributed by atoms with Crippen LogP contribution < -0.4 is 10.6 Å². The van der Waals surface area contributed by atoms with Crippen molar-refractivity contribution in [3.05, 3.63) is 89.1 Å². The smallest absolute Gasteiger partial charge is 0.277 e. The van der Waals surface area contributed by atoms with E-state index < -0.39 is 43.9 Å². The summed E-state index contributed by atoms with van der Waals surface area (Å²) in [5, 5.41) is 12.1. The Balaban J connectivity index is 1.41. The van der Waals surface area contributed by atoms with E-state index in [-0.39, 0.29) is 29.4 Å². The molecule has 5 rings (SSSR count). The number of hydrogen-bond donors (Lipinski definition) is 4. The lowest BCUT2D eigenvalue weighted by atomic mass is 10.0. The number of halogens is 2. The average molecular weight is 542 g/mol. The second-order valence-electron chi connectivity index (χ2n) is 8.99. The highest BCUT2D eigenvalue weighted by molar-refractivity contribution is 7.89.